The first-order valence-corrected chi connectivity index (χ1v) is 22.9. The highest BCUT2D eigenvalue weighted by Gasteiger charge is 2.37. The average molecular weight is 832 g/mol. The third kappa shape index (κ3) is 6.45. The number of hydrogen-bond donors (Lipinski definition) is 0. The van der Waals surface area contributed by atoms with E-state index in [1.54, 1.807) is 0 Å². The highest BCUT2D eigenvalue weighted by molar-refractivity contribution is 5.92. The molecule has 10 aromatic carbocycles. The number of anilines is 3. The maximum absolute atomic E-state index is 2.44. The fraction of sp³-hybridized carbons (Fsp3) is 0.0938. The molecule has 2 aliphatic rings. The van der Waals surface area contributed by atoms with E-state index in [2.05, 4.69) is 257 Å². The molecular weight excluding hydrogens is 783 g/mol. The third-order valence-electron chi connectivity index (χ3n) is 14.5. The van der Waals surface area contributed by atoms with Gasteiger partial charge in [0.25, 0.3) is 0 Å². The summed E-state index contributed by atoms with van der Waals surface area (Å²) in [5, 5.41) is 2.46. The molecule has 0 radical (unpaired) electrons. The Labute approximate surface area is 383 Å². The first-order chi connectivity index (χ1) is 31.7. The monoisotopic (exact) mass is 831 g/mol. The Morgan fingerprint density at radius 2 is 0.615 bits per heavy atom. The minimum absolute atomic E-state index is 0.0416. The van der Waals surface area contributed by atoms with Gasteiger partial charge in [0.15, 0.2) is 0 Å². The van der Waals surface area contributed by atoms with Gasteiger partial charge in [-0.2, -0.15) is 0 Å². The number of benzene rings is 10. The van der Waals surface area contributed by atoms with Crippen molar-refractivity contribution in [2.24, 2.45) is 0 Å². The normalized spacial score (nSPS) is 13.8. The summed E-state index contributed by atoms with van der Waals surface area (Å²) < 4.78 is 0. The zero-order valence-electron chi connectivity index (χ0n) is 37.3. The molecule has 1 heteroatoms. The summed E-state index contributed by atoms with van der Waals surface area (Å²) in [6.07, 6.45) is 0. The van der Waals surface area contributed by atoms with Crippen LogP contribution in [-0.2, 0) is 10.8 Å². The smallest absolute Gasteiger partial charge is 0.0468 e. The lowest BCUT2D eigenvalue weighted by molar-refractivity contribution is 0.660. The van der Waals surface area contributed by atoms with Gasteiger partial charge in [-0.3, -0.25) is 0 Å². The van der Waals surface area contributed by atoms with E-state index in [4.69, 9.17) is 0 Å². The molecule has 0 fully saturated rings. The van der Waals surface area contributed by atoms with Gasteiger partial charge in [-0.1, -0.05) is 204 Å². The largest absolute Gasteiger partial charge is 0.310 e. The van der Waals surface area contributed by atoms with Gasteiger partial charge in [-0.05, 0) is 148 Å². The van der Waals surface area contributed by atoms with Crippen LogP contribution in [0, 0.1) is 0 Å². The van der Waals surface area contributed by atoms with E-state index >= 15 is 0 Å². The summed E-state index contributed by atoms with van der Waals surface area (Å²) in [4.78, 5) is 2.43. The summed E-state index contributed by atoms with van der Waals surface area (Å²) in [5.41, 5.74) is 23.9. The lowest BCUT2D eigenvalue weighted by Gasteiger charge is -2.28. The average Bonchev–Trinajstić information content (AvgIpc) is 3.73. The first-order valence-electron chi connectivity index (χ1n) is 22.9. The second-order valence-corrected chi connectivity index (χ2v) is 19.0. The Bertz CT molecular complexity index is 3440. The highest BCUT2D eigenvalue weighted by atomic mass is 15.1. The fourth-order valence-electron chi connectivity index (χ4n) is 10.8. The summed E-state index contributed by atoms with van der Waals surface area (Å²) in [5.74, 6) is 0. The topological polar surface area (TPSA) is 3.24 Å². The van der Waals surface area contributed by atoms with Crippen molar-refractivity contribution in [3.63, 3.8) is 0 Å². The maximum Gasteiger partial charge on any atom is 0.0468 e. The lowest BCUT2D eigenvalue weighted by atomic mass is 9.81. The molecule has 0 saturated heterocycles. The molecule has 0 atom stereocenters. The third-order valence-corrected chi connectivity index (χ3v) is 14.5. The predicted octanol–water partition coefficient (Wildman–Crippen LogP) is 17.6. The van der Waals surface area contributed by atoms with Crippen molar-refractivity contribution in [2.75, 3.05) is 4.90 Å². The van der Waals surface area contributed by atoms with Gasteiger partial charge >= 0.3 is 0 Å². The summed E-state index contributed by atoms with van der Waals surface area (Å²) in [6, 6.07) is 83.3. The quantitative estimate of drug-likeness (QED) is 0.155. The van der Waals surface area contributed by atoms with Crippen molar-refractivity contribution in [3.05, 3.63) is 247 Å². The van der Waals surface area contributed by atoms with E-state index < -0.39 is 0 Å². The molecule has 0 aliphatic heterocycles. The summed E-state index contributed by atoms with van der Waals surface area (Å²) >= 11 is 0. The van der Waals surface area contributed by atoms with E-state index in [1.165, 1.54) is 99.8 Å². The van der Waals surface area contributed by atoms with Gasteiger partial charge in [0, 0.05) is 27.9 Å². The van der Waals surface area contributed by atoms with Crippen LogP contribution in [0.5, 0.6) is 0 Å². The standard InChI is InChI=1S/C64H49N/c1-63(2)59-17-11-10-16-55(59)56-35-29-51(39-60(56)63)48-26-31-52(32-27-48)65(53-33-28-43-14-8-9-15-49(43)38-53)54-34-37-58-57-36-30-50(40-61(57)64(3,4)62(58)41-54)47-24-22-46(23-25-47)45-20-18-44(19-21-45)42-12-6-5-7-13-42/h5-41H,1-4H3. The van der Waals surface area contributed by atoms with Gasteiger partial charge < -0.3 is 4.90 Å². The molecule has 0 saturated carbocycles. The SMILES string of the molecule is CC1(C)c2ccccc2-c2ccc(-c3ccc(N(c4ccc5c(c4)C(C)(C)c4cc(-c6ccc(-c7ccc(-c8ccccc8)cc7)cc6)ccc4-5)c4ccc5ccccc5c4)cc3)cc21. The van der Waals surface area contributed by atoms with Crippen molar-refractivity contribution in [2.45, 2.75) is 38.5 Å². The van der Waals surface area contributed by atoms with Crippen molar-refractivity contribution in [1.29, 1.82) is 0 Å². The van der Waals surface area contributed by atoms with Gasteiger partial charge in [-0.15, -0.1) is 0 Å². The Morgan fingerprint density at radius 3 is 1.22 bits per heavy atom. The van der Waals surface area contributed by atoms with Crippen molar-refractivity contribution in [3.8, 4) is 66.8 Å². The van der Waals surface area contributed by atoms with Crippen molar-refractivity contribution >= 4 is 27.8 Å². The Hall–Kier alpha value is -7.74. The summed E-state index contributed by atoms with van der Waals surface area (Å²) in [7, 11) is 0. The van der Waals surface area contributed by atoms with Crippen LogP contribution >= 0.6 is 0 Å². The maximum atomic E-state index is 2.44. The number of rotatable bonds is 7. The van der Waals surface area contributed by atoms with Gasteiger partial charge in [0.05, 0.1) is 0 Å². The molecule has 310 valence electrons. The fourth-order valence-corrected chi connectivity index (χ4v) is 10.8. The minimum atomic E-state index is -0.197. The van der Waals surface area contributed by atoms with Crippen LogP contribution in [-0.4, -0.2) is 0 Å². The van der Waals surface area contributed by atoms with Gasteiger partial charge in [0.2, 0.25) is 0 Å². The van der Waals surface area contributed by atoms with Crippen LogP contribution in [0.2, 0.25) is 0 Å². The molecule has 10 aromatic rings. The van der Waals surface area contributed by atoms with Gasteiger partial charge in [0.1, 0.15) is 0 Å². The molecule has 0 bridgehead atoms. The van der Waals surface area contributed by atoms with E-state index in [0.717, 1.165) is 17.1 Å². The number of hydrogen-bond acceptors (Lipinski definition) is 1. The molecule has 12 rings (SSSR count). The van der Waals surface area contributed by atoms with Gasteiger partial charge in [-0.25, -0.2) is 0 Å². The molecular formula is C64H49N. The Balaban J connectivity index is 0.870. The Kier molecular flexibility index (Phi) is 8.94. The number of nitrogens with zero attached hydrogens (tertiary/aromatic N) is 1. The van der Waals surface area contributed by atoms with Crippen LogP contribution in [0.1, 0.15) is 49.9 Å². The first kappa shape index (κ1) is 38.9. The molecule has 0 unspecified atom stereocenters. The summed E-state index contributed by atoms with van der Waals surface area (Å²) in [6.45, 7) is 9.48. The molecule has 2 aliphatic carbocycles. The molecule has 0 spiro atoms. The molecule has 0 amide bonds. The zero-order chi connectivity index (χ0) is 43.9. The minimum Gasteiger partial charge on any atom is -0.310 e. The highest BCUT2D eigenvalue weighted by Crippen LogP contribution is 2.53. The Morgan fingerprint density at radius 1 is 0.246 bits per heavy atom. The molecule has 0 N–H and O–H groups in total. The number of fused-ring (bicyclic) bond motifs is 7. The molecule has 1 nitrogen and oxygen atoms in total. The van der Waals surface area contributed by atoms with E-state index in [9.17, 15) is 0 Å². The van der Waals surface area contributed by atoms with Crippen LogP contribution < -0.4 is 4.90 Å². The molecule has 0 heterocycles. The van der Waals surface area contributed by atoms with Crippen LogP contribution in [0.15, 0.2) is 224 Å². The molecule has 65 heavy (non-hydrogen) atoms. The van der Waals surface area contributed by atoms with E-state index in [0.29, 0.717) is 0 Å². The second kappa shape index (κ2) is 14.9. The van der Waals surface area contributed by atoms with Crippen molar-refractivity contribution < 1.29 is 0 Å². The zero-order valence-corrected chi connectivity index (χ0v) is 37.3. The van der Waals surface area contributed by atoms with Crippen LogP contribution in [0.4, 0.5) is 17.1 Å². The van der Waals surface area contributed by atoms with Crippen LogP contribution in [0.25, 0.3) is 77.5 Å². The van der Waals surface area contributed by atoms with Crippen molar-refractivity contribution in [1.82, 2.24) is 0 Å². The van der Waals surface area contributed by atoms with E-state index in [1.807, 2.05) is 0 Å². The second-order valence-electron chi connectivity index (χ2n) is 19.0. The molecule has 0 aromatic heterocycles. The van der Waals surface area contributed by atoms with E-state index in [-0.39, 0.29) is 10.8 Å². The lowest BCUT2D eigenvalue weighted by Crippen LogP contribution is -2.16. The van der Waals surface area contributed by atoms with Crippen LogP contribution in [0.3, 0.4) is 0 Å². The predicted molar refractivity (Wildman–Crippen MR) is 276 cm³/mol.